The number of hydrogen-bond donors (Lipinski definition) is 1. The Labute approximate surface area is 172 Å². The average Bonchev–Trinajstić information content (AvgIpc) is 3.27. The molecule has 2 heterocycles. The van der Waals surface area contributed by atoms with Gasteiger partial charge in [-0.1, -0.05) is 29.5 Å². The van der Waals surface area contributed by atoms with Crippen LogP contribution in [0.5, 0.6) is 0 Å². The van der Waals surface area contributed by atoms with Crippen molar-refractivity contribution in [2.24, 2.45) is 0 Å². The molecule has 29 heavy (non-hydrogen) atoms. The molecule has 0 saturated carbocycles. The molecule has 148 valence electrons. The average molecular weight is 407 g/mol. The van der Waals surface area contributed by atoms with Gasteiger partial charge in [0.25, 0.3) is 0 Å². The van der Waals surface area contributed by atoms with Crippen molar-refractivity contribution in [3.05, 3.63) is 59.2 Å². The number of fused-ring (bicyclic) bond motifs is 1. The number of carbonyl (C=O) groups is 1. The van der Waals surface area contributed by atoms with Gasteiger partial charge in [0.1, 0.15) is 15.6 Å². The van der Waals surface area contributed by atoms with Crippen molar-refractivity contribution in [2.45, 2.75) is 32.8 Å². The SMILES string of the molecule is CC(C)(C)OC(=O)n1ncc2cc(Cc3nnc(-c4cccc(N)c4)s3)ccc21. The number of anilines is 1. The fourth-order valence-corrected chi connectivity index (χ4v) is 3.80. The Kier molecular flexibility index (Phi) is 4.79. The molecule has 2 N–H and O–H groups in total. The van der Waals surface area contributed by atoms with E-state index in [0.717, 1.165) is 26.5 Å². The van der Waals surface area contributed by atoms with Crippen LogP contribution in [0.1, 0.15) is 31.3 Å². The summed E-state index contributed by atoms with van der Waals surface area (Å²) < 4.78 is 6.69. The molecule has 2 aromatic carbocycles. The van der Waals surface area contributed by atoms with Crippen LogP contribution in [0.25, 0.3) is 21.5 Å². The van der Waals surface area contributed by atoms with Crippen molar-refractivity contribution in [2.75, 3.05) is 5.73 Å². The summed E-state index contributed by atoms with van der Waals surface area (Å²) in [4.78, 5) is 12.3. The molecule has 0 bridgehead atoms. The molecule has 0 spiro atoms. The van der Waals surface area contributed by atoms with Crippen LogP contribution in [0.2, 0.25) is 0 Å². The van der Waals surface area contributed by atoms with E-state index < -0.39 is 11.7 Å². The lowest BCUT2D eigenvalue weighted by atomic mass is 10.1. The van der Waals surface area contributed by atoms with Gasteiger partial charge in [0.05, 0.1) is 11.7 Å². The lowest BCUT2D eigenvalue weighted by Crippen LogP contribution is -2.27. The van der Waals surface area contributed by atoms with Gasteiger partial charge in [-0.3, -0.25) is 0 Å². The number of rotatable bonds is 3. The second-order valence-electron chi connectivity index (χ2n) is 7.73. The Morgan fingerprint density at radius 2 is 2.00 bits per heavy atom. The zero-order valence-corrected chi connectivity index (χ0v) is 17.2. The van der Waals surface area contributed by atoms with Crippen molar-refractivity contribution in [1.82, 2.24) is 20.0 Å². The first-order valence-electron chi connectivity index (χ1n) is 9.17. The molecule has 8 heteroatoms. The Bertz CT molecular complexity index is 1190. The van der Waals surface area contributed by atoms with E-state index in [9.17, 15) is 4.79 Å². The molecular weight excluding hydrogens is 386 g/mol. The first-order chi connectivity index (χ1) is 13.8. The number of benzene rings is 2. The minimum atomic E-state index is -0.575. The zero-order chi connectivity index (χ0) is 20.6. The van der Waals surface area contributed by atoms with E-state index in [1.165, 1.54) is 16.0 Å². The second kappa shape index (κ2) is 7.29. The summed E-state index contributed by atoms with van der Waals surface area (Å²) in [7, 11) is 0. The highest BCUT2D eigenvalue weighted by molar-refractivity contribution is 7.14. The largest absolute Gasteiger partial charge is 0.442 e. The lowest BCUT2D eigenvalue weighted by Gasteiger charge is -2.19. The highest BCUT2D eigenvalue weighted by atomic mass is 32.1. The van der Waals surface area contributed by atoms with Crippen LogP contribution in [-0.2, 0) is 11.2 Å². The van der Waals surface area contributed by atoms with Crippen LogP contribution in [0.4, 0.5) is 10.5 Å². The van der Waals surface area contributed by atoms with E-state index in [0.29, 0.717) is 17.6 Å². The number of nitrogen functional groups attached to an aromatic ring is 1. The highest BCUT2D eigenvalue weighted by Crippen LogP contribution is 2.27. The molecule has 0 radical (unpaired) electrons. The molecule has 0 aliphatic heterocycles. The van der Waals surface area contributed by atoms with Crippen molar-refractivity contribution >= 4 is 34.0 Å². The smallest absolute Gasteiger partial charge is 0.435 e. The molecular formula is C21H21N5O2S. The number of carbonyl (C=O) groups excluding carboxylic acids is 1. The van der Waals surface area contributed by atoms with Gasteiger partial charge in [-0.2, -0.15) is 9.78 Å². The molecule has 4 rings (SSSR count). The molecule has 0 aliphatic rings. The van der Waals surface area contributed by atoms with Gasteiger partial charge in [0.2, 0.25) is 0 Å². The fraction of sp³-hybridized carbons (Fsp3) is 0.238. The molecule has 0 amide bonds. The van der Waals surface area contributed by atoms with E-state index >= 15 is 0 Å². The molecule has 0 aliphatic carbocycles. The summed E-state index contributed by atoms with van der Waals surface area (Å²) in [6.07, 6.45) is 1.82. The van der Waals surface area contributed by atoms with Crippen LogP contribution in [0.3, 0.4) is 0 Å². The molecule has 0 atom stereocenters. The summed E-state index contributed by atoms with van der Waals surface area (Å²) in [6, 6.07) is 13.5. The van der Waals surface area contributed by atoms with Crippen LogP contribution < -0.4 is 5.73 Å². The summed E-state index contributed by atoms with van der Waals surface area (Å²) >= 11 is 1.54. The standard InChI is InChI=1S/C21H21N5O2S/c1-21(2,3)28-20(27)26-17-8-7-13(9-15(17)12-23-26)10-18-24-25-19(29-18)14-5-4-6-16(22)11-14/h4-9,11-12H,10,22H2,1-3H3. The summed E-state index contributed by atoms with van der Waals surface area (Å²) in [5.41, 5.74) is 8.71. The third-order valence-electron chi connectivity index (χ3n) is 4.15. The first kappa shape index (κ1) is 19.1. The summed E-state index contributed by atoms with van der Waals surface area (Å²) in [6.45, 7) is 5.48. The normalized spacial score (nSPS) is 11.7. The van der Waals surface area contributed by atoms with E-state index in [1.54, 1.807) is 6.20 Å². The zero-order valence-electron chi connectivity index (χ0n) is 16.4. The number of ether oxygens (including phenoxy) is 1. The van der Waals surface area contributed by atoms with Crippen LogP contribution >= 0.6 is 11.3 Å². The Hall–Kier alpha value is -3.26. The van der Waals surface area contributed by atoms with Gasteiger partial charge < -0.3 is 10.5 Å². The fourth-order valence-electron chi connectivity index (χ4n) is 2.93. The van der Waals surface area contributed by atoms with Crippen LogP contribution in [-0.4, -0.2) is 31.7 Å². The van der Waals surface area contributed by atoms with Gasteiger partial charge in [-0.05, 0) is 50.6 Å². The van der Waals surface area contributed by atoms with Crippen molar-refractivity contribution < 1.29 is 9.53 Å². The molecule has 7 nitrogen and oxygen atoms in total. The van der Waals surface area contributed by atoms with E-state index in [4.69, 9.17) is 10.5 Å². The van der Waals surface area contributed by atoms with Gasteiger partial charge >= 0.3 is 6.09 Å². The second-order valence-corrected chi connectivity index (χ2v) is 8.80. The van der Waals surface area contributed by atoms with Gasteiger partial charge in [0, 0.05) is 23.1 Å². The molecule has 4 aromatic rings. The third-order valence-corrected chi connectivity index (χ3v) is 5.13. The minimum Gasteiger partial charge on any atom is -0.442 e. The third kappa shape index (κ3) is 4.27. The predicted molar refractivity (Wildman–Crippen MR) is 114 cm³/mol. The molecule has 2 aromatic heterocycles. The Morgan fingerprint density at radius 3 is 2.76 bits per heavy atom. The van der Waals surface area contributed by atoms with E-state index in [-0.39, 0.29) is 0 Å². The van der Waals surface area contributed by atoms with E-state index in [2.05, 4.69) is 15.3 Å². The Balaban J connectivity index is 1.55. The maximum Gasteiger partial charge on any atom is 0.435 e. The lowest BCUT2D eigenvalue weighted by molar-refractivity contribution is 0.0522. The van der Waals surface area contributed by atoms with Crippen LogP contribution in [0.15, 0.2) is 48.7 Å². The number of aromatic nitrogens is 4. The number of nitrogens with zero attached hydrogens (tertiary/aromatic N) is 4. The monoisotopic (exact) mass is 407 g/mol. The van der Waals surface area contributed by atoms with Gasteiger partial charge in [-0.15, -0.1) is 10.2 Å². The van der Waals surface area contributed by atoms with E-state index in [1.807, 2.05) is 63.2 Å². The van der Waals surface area contributed by atoms with Gasteiger partial charge in [-0.25, -0.2) is 4.79 Å². The number of nitrogens with two attached hydrogens (primary N) is 1. The number of hydrogen-bond acceptors (Lipinski definition) is 7. The van der Waals surface area contributed by atoms with Gasteiger partial charge in [0.15, 0.2) is 0 Å². The molecule has 0 unspecified atom stereocenters. The maximum absolute atomic E-state index is 12.3. The van der Waals surface area contributed by atoms with Crippen molar-refractivity contribution in [3.8, 4) is 10.6 Å². The summed E-state index contributed by atoms with van der Waals surface area (Å²) in [5.74, 6) is 0. The summed E-state index contributed by atoms with van der Waals surface area (Å²) in [5, 5.41) is 15.4. The quantitative estimate of drug-likeness (QED) is 0.502. The highest BCUT2D eigenvalue weighted by Gasteiger charge is 2.20. The topological polar surface area (TPSA) is 95.9 Å². The Morgan fingerprint density at radius 1 is 1.17 bits per heavy atom. The first-order valence-corrected chi connectivity index (χ1v) is 9.98. The minimum absolute atomic E-state index is 0.490. The molecule has 0 saturated heterocycles. The molecule has 0 fully saturated rings. The van der Waals surface area contributed by atoms with Crippen LogP contribution in [0, 0.1) is 0 Å². The van der Waals surface area contributed by atoms with Crippen molar-refractivity contribution in [3.63, 3.8) is 0 Å². The van der Waals surface area contributed by atoms with Crippen molar-refractivity contribution in [1.29, 1.82) is 0 Å². The maximum atomic E-state index is 12.3. The predicted octanol–water partition coefficient (Wildman–Crippen LogP) is 4.51.